The van der Waals surface area contributed by atoms with Crippen molar-refractivity contribution in [2.45, 2.75) is 322 Å². The fourth-order valence-electron chi connectivity index (χ4n) is 9.47. The molecule has 0 saturated carbocycles. The van der Waals surface area contributed by atoms with E-state index in [2.05, 4.69) is 154 Å². The summed E-state index contributed by atoms with van der Waals surface area (Å²) in [5.41, 5.74) is 0. The lowest BCUT2D eigenvalue weighted by Gasteiger charge is -2.18. The molecule has 6 heteroatoms. The van der Waals surface area contributed by atoms with Crippen LogP contribution in [0.3, 0.4) is 0 Å². The quantitative estimate of drug-likeness (QED) is 0.0261. The maximum atomic E-state index is 12.9. The van der Waals surface area contributed by atoms with Gasteiger partial charge in [0.1, 0.15) is 13.2 Å². The lowest BCUT2D eigenvalue weighted by atomic mass is 10.0. The Balaban J connectivity index is 4.19. The molecule has 472 valence electrons. The van der Waals surface area contributed by atoms with Gasteiger partial charge in [0.05, 0.1) is 0 Å². The van der Waals surface area contributed by atoms with Gasteiger partial charge < -0.3 is 14.2 Å². The average molecular weight is 1150 g/mol. The van der Waals surface area contributed by atoms with Crippen LogP contribution in [0.5, 0.6) is 0 Å². The van der Waals surface area contributed by atoms with Crippen LogP contribution in [0.4, 0.5) is 0 Å². The molecule has 0 aromatic carbocycles. The highest BCUT2D eigenvalue weighted by Crippen LogP contribution is 2.16. The molecule has 83 heavy (non-hydrogen) atoms. The summed E-state index contributed by atoms with van der Waals surface area (Å²) in [4.78, 5) is 38.2. The molecule has 1 unspecified atom stereocenters. The molecule has 1 atom stereocenters. The SMILES string of the molecule is CC/C=C\C/C=C\C/C=C\C/C=C\C/C=C\C/C=C\C/C=C\C/C=C\C/C=C\CCCCCC(=O)OCC(COC(=O)CCCCCCCCC)OC(=O)CCCCCCCCCCCCCCCCC/C=C\C/C=C\CCCCCCC. The van der Waals surface area contributed by atoms with Crippen molar-refractivity contribution in [2.75, 3.05) is 13.2 Å². The van der Waals surface area contributed by atoms with Gasteiger partial charge in [0.2, 0.25) is 0 Å². The lowest BCUT2D eigenvalue weighted by molar-refractivity contribution is -0.167. The number of carbonyl (C=O) groups excluding carboxylic acids is 3. The van der Waals surface area contributed by atoms with Gasteiger partial charge in [0.15, 0.2) is 6.10 Å². The van der Waals surface area contributed by atoms with Gasteiger partial charge in [-0.25, -0.2) is 0 Å². The molecule has 0 aliphatic heterocycles. The second-order valence-electron chi connectivity index (χ2n) is 22.7. The summed E-state index contributed by atoms with van der Waals surface area (Å²) < 4.78 is 16.8. The van der Waals surface area contributed by atoms with Gasteiger partial charge in [-0.1, -0.05) is 309 Å². The summed E-state index contributed by atoms with van der Waals surface area (Å²) in [5.74, 6) is -0.925. The van der Waals surface area contributed by atoms with Crippen LogP contribution in [-0.4, -0.2) is 37.2 Å². The molecular weight excluding hydrogens is 1020 g/mol. The molecule has 6 nitrogen and oxygen atoms in total. The molecule has 0 radical (unpaired) electrons. The predicted molar refractivity (Wildman–Crippen MR) is 362 cm³/mol. The molecule has 0 amide bonds. The van der Waals surface area contributed by atoms with Gasteiger partial charge in [-0.2, -0.15) is 0 Å². The second kappa shape index (κ2) is 70.0. The van der Waals surface area contributed by atoms with E-state index in [9.17, 15) is 14.4 Å². The topological polar surface area (TPSA) is 78.9 Å². The van der Waals surface area contributed by atoms with Crippen molar-refractivity contribution in [2.24, 2.45) is 0 Å². The van der Waals surface area contributed by atoms with E-state index in [1.807, 2.05) is 0 Å². The Morgan fingerprint density at radius 2 is 0.470 bits per heavy atom. The maximum Gasteiger partial charge on any atom is 0.306 e. The molecule has 0 rings (SSSR count). The predicted octanol–water partition coefficient (Wildman–Crippen LogP) is 24.1. The van der Waals surface area contributed by atoms with Crippen LogP contribution in [-0.2, 0) is 28.6 Å². The van der Waals surface area contributed by atoms with Crippen molar-refractivity contribution in [1.29, 1.82) is 0 Å². The van der Waals surface area contributed by atoms with Crippen LogP contribution >= 0.6 is 0 Å². The summed E-state index contributed by atoms with van der Waals surface area (Å²) >= 11 is 0. The first kappa shape index (κ1) is 78.5. The third-order valence-electron chi connectivity index (χ3n) is 14.6. The first-order valence-corrected chi connectivity index (χ1v) is 34.7. The van der Waals surface area contributed by atoms with E-state index in [1.165, 1.54) is 148 Å². The maximum absolute atomic E-state index is 12.9. The van der Waals surface area contributed by atoms with Gasteiger partial charge in [0.25, 0.3) is 0 Å². The molecule has 0 bridgehead atoms. The molecule has 0 fully saturated rings. The Labute approximate surface area is 513 Å². The van der Waals surface area contributed by atoms with Gasteiger partial charge in [-0.3, -0.25) is 14.4 Å². The van der Waals surface area contributed by atoms with E-state index >= 15 is 0 Å². The van der Waals surface area contributed by atoms with E-state index in [0.717, 1.165) is 128 Å². The molecular formula is C77H128O6. The van der Waals surface area contributed by atoms with Crippen LogP contribution in [0.1, 0.15) is 316 Å². The van der Waals surface area contributed by atoms with Crippen molar-refractivity contribution < 1.29 is 28.6 Å². The summed E-state index contributed by atoms with van der Waals surface area (Å²) in [7, 11) is 0. The number of rotatable bonds is 62. The molecule has 0 aromatic rings. The Bertz CT molecular complexity index is 1750. The lowest BCUT2D eigenvalue weighted by Crippen LogP contribution is -2.30. The zero-order valence-corrected chi connectivity index (χ0v) is 54.2. The van der Waals surface area contributed by atoms with E-state index < -0.39 is 6.10 Å². The Kier molecular flexibility index (Phi) is 66.3. The highest BCUT2D eigenvalue weighted by Gasteiger charge is 2.19. The molecule has 0 aliphatic rings. The first-order valence-electron chi connectivity index (χ1n) is 34.7. The molecule has 0 aromatic heterocycles. The highest BCUT2D eigenvalue weighted by atomic mass is 16.6. The summed E-state index contributed by atoms with van der Waals surface area (Å²) in [6.45, 7) is 6.46. The van der Waals surface area contributed by atoms with E-state index in [-0.39, 0.29) is 31.1 Å². The van der Waals surface area contributed by atoms with Crippen molar-refractivity contribution >= 4 is 17.9 Å². The van der Waals surface area contributed by atoms with Crippen molar-refractivity contribution in [1.82, 2.24) is 0 Å². The Morgan fingerprint density at radius 3 is 0.747 bits per heavy atom. The smallest absolute Gasteiger partial charge is 0.306 e. The first-order chi connectivity index (χ1) is 41.0. The fraction of sp³-hybridized carbons (Fsp3) is 0.675. The largest absolute Gasteiger partial charge is 0.462 e. The number of unbranched alkanes of at least 4 members (excludes halogenated alkanes) is 29. The number of carbonyl (C=O) groups is 3. The normalized spacial score (nSPS) is 13.0. The Hall–Kier alpha value is -4.45. The highest BCUT2D eigenvalue weighted by molar-refractivity contribution is 5.71. The van der Waals surface area contributed by atoms with Crippen molar-refractivity contribution in [3.05, 3.63) is 134 Å². The zero-order chi connectivity index (χ0) is 59.9. The van der Waals surface area contributed by atoms with Crippen molar-refractivity contribution in [3.63, 3.8) is 0 Å². The molecule has 0 spiro atoms. The minimum Gasteiger partial charge on any atom is -0.462 e. The minimum absolute atomic E-state index is 0.0896. The monoisotopic (exact) mass is 1150 g/mol. The average Bonchev–Trinajstić information content (AvgIpc) is 3.50. The van der Waals surface area contributed by atoms with E-state index in [0.29, 0.717) is 19.3 Å². The van der Waals surface area contributed by atoms with Crippen LogP contribution in [0.15, 0.2) is 134 Å². The zero-order valence-electron chi connectivity index (χ0n) is 54.2. The van der Waals surface area contributed by atoms with Gasteiger partial charge in [0, 0.05) is 19.3 Å². The minimum atomic E-state index is -0.794. The van der Waals surface area contributed by atoms with Crippen LogP contribution < -0.4 is 0 Å². The second-order valence-corrected chi connectivity index (χ2v) is 22.7. The van der Waals surface area contributed by atoms with Crippen LogP contribution in [0, 0.1) is 0 Å². The molecule has 0 heterocycles. The van der Waals surface area contributed by atoms with E-state index in [4.69, 9.17) is 14.2 Å². The molecule has 0 N–H and O–H groups in total. The third kappa shape index (κ3) is 68.2. The standard InChI is InChI=1S/C77H128O6/c1-4-7-10-13-16-18-20-22-24-26-28-30-32-34-36-37-38-39-41-42-44-46-48-50-52-54-56-58-61-64-67-70-76(79)82-73-74(72-81-75(78)69-66-63-60-15-12-9-6-3)83-77(80)71-68-65-62-59-57-55-53-51-49-47-45-43-40-35-33-31-29-27-25-23-21-19-17-14-11-8-5-2/h7,10,16,18,21-24,27-30,34,36,38-39,42,44,48,50,54,56,74H,4-6,8-9,11-15,17,19-20,25-26,31-33,35,37,40-41,43,45-47,49,51-53,55,57-73H2,1-3H3/b10-7-,18-16-,23-21-,24-22-,29-27-,30-28-,36-34-,39-38-,44-42-,50-48-,56-54-. The number of hydrogen-bond donors (Lipinski definition) is 0. The number of allylic oxidation sites excluding steroid dienone is 22. The number of ether oxygens (including phenoxy) is 3. The van der Waals surface area contributed by atoms with Crippen molar-refractivity contribution in [3.8, 4) is 0 Å². The summed E-state index contributed by atoms with van der Waals surface area (Å²) in [6, 6.07) is 0. The summed E-state index contributed by atoms with van der Waals surface area (Å²) in [5, 5.41) is 0. The van der Waals surface area contributed by atoms with Crippen LogP contribution in [0.2, 0.25) is 0 Å². The van der Waals surface area contributed by atoms with Gasteiger partial charge >= 0.3 is 17.9 Å². The summed E-state index contributed by atoms with van der Waals surface area (Å²) in [6.07, 6.45) is 99.3. The van der Waals surface area contributed by atoms with Gasteiger partial charge in [-0.15, -0.1) is 0 Å². The third-order valence-corrected chi connectivity index (χ3v) is 14.6. The Morgan fingerprint density at radius 1 is 0.253 bits per heavy atom. The molecule has 0 aliphatic carbocycles. The van der Waals surface area contributed by atoms with E-state index in [1.54, 1.807) is 0 Å². The number of esters is 3. The molecule has 0 saturated heterocycles. The fourth-order valence-corrected chi connectivity index (χ4v) is 9.47. The number of hydrogen-bond acceptors (Lipinski definition) is 6. The van der Waals surface area contributed by atoms with Gasteiger partial charge in [-0.05, 0) is 122 Å². The van der Waals surface area contributed by atoms with Crippen LogP contribution in [0.25, 0.3) is 0 Å².